The third-order valence-corrected chi connectivity index (χ3v) is 9.38. The third kappa shape index (κ3) is 6.72. The number of methoxy groups -OCH3 is 4. The fourth-order valence-electron chi connectivity index (χ4n) is 6.73. The molecule has 0 bridgehead atoms. The van der Waals surface area contributed by atoms with Crippen molar-refractivity contribution in [3.8, 4) is 11.5 Å². The van der Waals surface area contributed by atoms with Crippen molar-refractivity contribution in [1.29, 1.82) is 0 Å². The Hall–Kier alpha value is -4.55. The van der Waals surface area contributed by atoms with Crippen molar-refractivity contribution in [2.24, 2.45) is 11.8 Å². The van der Waals surface area contributed by atoms with Gasteiger partial charge in [0.1, 0.15) is 5.82 Å². The van der Waals surface area contributed by atoms with Crippen LogP contribution in [0.1, 0.15) is 38.2 Å². The topological polar surface area (TPSA) is 147 Å². The number of nitrogen functional groups attached to an aromatic ring is 1. The first-order valence-electron chi connectivity index (χ1n) is 15.8. The van der Waals surface area contributed by atoms with Gasteiger partial charge in [-0.1, -0.05) is 29.8 Å². The summed E-state index contributed by atoms with van der Waals surface area (Å²) in [5.41, 5.74) is 9.48. The minimum atomic E-state index is -0.814. The molecule has 2 unspecified atom stereocenters. The highest BCUT2D eigenvalue weighted by Crippen LogP contribution is 2.45. The highest BCUT2D eigenvalue weighted by Gasteiger charge is 2.43. The quantitative estimate of drug-likeness (QED) is 0.263. The number of nitrogens with two attached hydrogens (primary N) is 1. The summed E-state index contributed by atoms with van der Waals surface area (Å²) < 4.78 is 27.5. The molecule has 2 aliphatic heterocycles. The Balaban J connectivity index is 1.52. The van der Waals surface area contributed by atoms with Gasteiger partial charge in [-0.2, -0.15) is 4.98 Å². The maximum Gasteiger partial charge on any atom is 0.336 e. The van der Waals surface area contributed by atoms with Crippen LogP contribution in [0.5, 0.6) is 11.5 Å². The molecular formula is C35H42ClN5O7. The number of esters is 2. The average Bonchev–Trinajstić information content (AvgIpc) is 3.09. The molecule has 1 fully saturated rings. The van der Waals surface area contributed by atoms with Crippen molar-refractivity contribution in [3.05, 3.63) is 69.5 Å². The number of benzene rings is 2. The fraction of sp³-hybridized carbons (Fsp3) is 0.429. The van der Waals surface area contributed by atoms with E-state index in [1.54, 1.807) is 59.4 Å². The minimum Gasteiger partial charge on any atom is -0.493 e. The number of nitrogens with zero attached hydrogens (tertiary/aromatic N) is 3. The molecule has 2 aromatic carbocycles. The standard InChI is InChI=1S/C35H42ClN5O7/c1-7-48-34(43)30-29(21-10-8-9-11-24(21)36)28(33(42)47-6)19(2)38-31(30)23(18-44-3)20-12-14-41(15-13-20)35-39-25-17-27(46-5)26(45-4)16-22(25)32(37)40-35/h8-11,16-17,20,23,29,38H,7,12-15,18H2,1-6H3,(H2,37,39,40). The Morgan fingerprint density at radius 3 is 2.33 bits per heavy atom. The molecule has 0 spiro atoms. The van der Waals surface area contributed by atoms with E-state index in [0.29, 0.717) is 87.0 Å². The van der Waals surface area contributed by atoms with Gasteiger partial charge in [-0.25, -0.2) is 14.6 Å². The van der Waals surface area contributed by atoms with Crippen molar-refractivity contribution in [2.75, 3.05) is 65.4 Å². The predicted molar refractivity (Wildman–Crippen MR) is 183 cm³/mol. The molecule has 13 heteroatoms. The Bertz CT molecular complexity index is 1750. The van der Waals surface area contributed by atoms with Crippen molar-refractivity contribution in [2.45, 2.75) is 32.6 Å². The number of anilines is 2. The molecule has 3 heterocycles. The predicted octanol–water partition coefficient (Wildman–Crippen LogP) is 5.01. The van der Waals surface area contributed by atoms with Gasteiger partial charge in [0.05, 0.1) is 57.1 Å². The maximum atomic E-state index is 13.9. The maximum absolute atomic E-state index is 13.9. The second kappa shape index (κ2) is 15.1. The molecule has 1 saturated heterocycles. The fourth-order valence-corrected chi connectivity index (χ4v) is 6.97. The largest absolute Gasteiger partial charge is 0.493 e. The van der Waals surface area contributed by atoms with Gasteiger partial charge in [0.25, 0.3) is 0 Å². The van der Waals surface area contributed by atoms with E-state index in [2.05, 4.69) is 15.2 Å². The molecule has 3 aromatic rings. The summed E-state index contributed by atoms with van der Waals surface area (Å²) in [7, 11) is 6.09. The molecule has 1 aromatic heterocycles. The van der Waals surface area contributed by atoms with Crippen LogP contribution in [0.4, 0.5) is 11.8 Å². The average molecular weight is 680 g/mol. The van der Waals surface area contributed by atoms with Gasteiger partial charge in [0.15, 0.2) is 11.5 Å². The minimum absolute atomic E-state index is 0.0923. The molecule has 0 radical (unpaired) electrons. The Kier molecular flexibility index (Phi) is 11.0. The van der Waals surface area contributed by atoms with Crippen molar-refractivity contribution in [1.82, 2.24) is 15.3 Å². The number of nitrogens with one attached hydrogen (secondary N) is 1. The van der Waals surface area contributed by atoms with E-state index in [0.717, 1.165) is 12.8 Å². The molecule has 5 rings (SSSR count). The SMILES string of the molecule is CCOC(=O)C1=C(C(COC)C2CCN(c3nc(N)c4cc(OC)c(OC)cc4n3)CC2)NC(C)=C(C(=O)OC)C1c1ccccc1Cl. The summed E-state index contributed by atoms with van der Waals surface area (Å²) in [5, 5.41) is 4.52. The van der Waals surface area contributed by atoms with Crippen LogP contribution in [0.25, 0.3) is 10.9 Å². The van der Waals surface area contributed by atoms with Crippen molar-refractivity contribution in [3.63, 3.8) is 0 Å². The number of rotatable bonds is 11. The van der Waals surface area contributed by atoms with E-state index in [1.165, 1.54) is 7.11 Å². The van der Waals surface area contributed by atoms with Crippen LogP contribution in [0.3, 0.4) is 0 Å². The lowest BCUT2D eigenvalue weighted by Crippen LogP contribution is -2.43. The second-order valence-electron chi connectivity index (χ2n) is 11.7. The lowest BCUT2D eigenvalue weighted by atomic mass is 9.74. The molecule has 3 N–H and O–H groups in total. The van der Waals surface area contributed by atoms with E-state index >= 15 is 0 Å². The molecule has 0 saturated carbocycles. The number of hydrogen-bond donors (Lipinski definition) is 2. The molecule has 12 nitrogen and oxygen atoms in total. The summed E-state index contributed by atoms with van der Waals surface area (Å²) in [6.45, 7) is 5.31. The summed E-state index contributed by atoms with van der Waals surface area (Å²) in [6.07, 6.45) is 1.48. The van der Waals surface area contributed by atoms with Gasteiger partial charge >= 0.3 is 11.9 Å². The number of aromatic nitrogens is 2. The van der Waals surface area contributed by atoms with Gasteiger partial charge in [-0.15, -0.1) is 0 Å². The first-order valence-corrected chi connectivity index (χ1v) is 16.2. The molecule has 0 aliphatic carbocycles. The molecule has 0 amide bonds. The Morgan fingerprint density at radius 2 is 1.71 bits per heavy atom. The van der Waals surface area contributed by atoms with E-state index < -0.39 is 17.9 Å². The molecule has 2 atom stereocenters. The van der Waals surface area contributed by atoms with E-state index in [1.807, 2.05) is 12.1 Å². The van der Waals surface area contributed by atoms with Crippen LogP contribution in [-0.2, 0) is 23.8 Å². The van der Waals surface area contributed by atoms with Crippen LogP contribution < -0.4 is 25.4 Å². The van der Waals surface area contributed by atoms with Crippen LogP contribution in [-0.4, -0.2) is 76.6 Å². The van der Waals surface area contributed by atoms with Crippen LogP contribution in [0, 0.1) is 11.8 Å². The summed E-state index contributed by atoms with van der Waals surface area (Å²) in [5.74, 6) is -0.0912. The van der Waals surface area contributed by atoms with Gasteiger partial charge < -0.3 is 39.6 Å². The smallest absolute Gasteiger partial charge is 0.336 e. The van der Waals surface area contributed by atoms with Gasteiger partial charge in [0.2, 0.25) is 5.95 Å². The number of carbonyl (C=O) groups is 2. The number of halogens is 1. The molecule has 48 heavy (non-hydrogen) atoms. The number of ether oxygens (including phenoxy) is 5. The first kappa shape index (κ1) is 34.8. The molecule has 256 valence electrons. The van der Waals surface area contributed by atoms with Gasteiger partial charge in [-0.05, 0) is 50.3 Å². The second-order valence-corrected chi connectivity index (χ2v) is 12.1. The van der Waals surface area contributed by atoms with E-state index in [4.69, 9.17) is 46.0 Å². The van der Waals surface area contributed by atoms with Gasteiger partial charge in [-0.3, -0.25) is 0 Å². The Labute approximate surface area is 285 Å². The molecule has 2 aliphatic rings. The van der Waals surface area contributed by atoms with Crippen molar-refractivity contribution < 1.29 is 33.3 Å². The lowest BCUT2D eigenvalue weighted by molar-refractivity contribution is -0.139. The highest BCUT2D eigenvalue weighted by atomic mass is 35.5. The van der Waals surface area contributed by atoms with Crippen LogP contribution in [0.15, 0.2) is 58.9 Å². The van der Waals surface area contributed by atoms with Crippen LogP contribution >= 0.6 is 11.6 Å². The zero-order valence-electron chi connectivity index (χ0n) is 28.1. The van der Waals surface area contributed by atoms with Crippen molar-refractivity contribution >= 4 is 46.2 Å². The zero-order chi connectivity index (χ0) is 34.5. The first-order chi connectivity index (χ1) is 23.2. The Morgan fingerprint density at radius 1 is 1.02 bits per heavy atom. The summed E-state index contributed by atoms with van der Waals surface area (Å²) >= 11 is 6.72. The number of dihydropyridines is 1. The van der Waals surface area contributed by atoms with E-state index in [9.17, 15) is 9.59 Å². The number of allylic oxidation sites excluding steroid dienone is 1. The summed E-state index contributed by atoms with van der Waals surface area (Å²) in [6, 6.07) is 10.8. The lowest BCUT2D eigenvalue weighted by Gasteiger charge is -2.40. The third-order valence-electron chi connectivity index (χ3n) is 9.04. The number of hydrogen-bond acceptors (Lipinski definition) is 12. The van der Waals surface area contributed by atoms with Crippen LogP contribution in [0.2, 0.25) is 5.02 Å². The number of piperidine rings is 1. The number of carbonyl (C=O) groups excluding carboxylic acids is 2. The molecular weight excluding hydrogens is 638 g/mol. The summed E-state index contributed by atoms with van der Waals surface area (Å²) in [4.78, 5) is 38.7. The highest BCUT2D eigenvalue weighted by molar-refractivity contribution is 6.31. The zero-order valence-corrected chi connectivity index (χ0v) is 28.8. The van der Waals surface area contributed by atoms with Gasteiger partial charge in [0, 0.05) is 54.0 Å². The monoisotopic (exact) mass is 679 g/mol. The number of fused-ring (bicyclic) bond motifs is 1. The van der Waals surface area contributed by atoms with E-state index in [-0.39, 0.29) is 18.4 Å². The normalized spacial score (nSPS) is 17.6.